The Labute approximate surface area is 227 Å². The zero-order chi connectivity index (χ0) is 27.4. The monoisotopic (exact) mass is 534 g/mol. The summed E-state index contributed by atoms with van der Waals surface area (Å²) in [5, 5.41) is 12.5. The number of amides is 2. The number of carbonyl (C=O) groups is 2. The summed E-state index contributed by atoms with van der Waals surface area (Å²) in [4.78, 5) is 31.4. The van der Waals surface area contributed by atoms with Crippen molar-refractivity contribution < 1.29 is 18.7 Å². The fraction of sp³-hybridized carbons (Fsp3) is 0.345. The first-order valence-electron chi connectivity index (χ1n) is 12.4. The molecule has 4 rings (SSSR count). The Morgan fingerprint density at radius 3 is 2.32 bits per heavy atom. The molecule has 0 N–H and O–H groups in total. The number of nitrogens with zero attached hydrogens (tertiary/aromatic N) is 4. The third-order valence-corrected chi connectivity index (χ3v) is 7.27. The van der Waals surface area contributed by atoms with Gasteiger partial charge in [-0.25, -0.2) is 4.39 Å². The van der Waals surface area contributed by atoms with E-state index in [0.717, 1.165) is 11.3 Å². The van der Waals surface area contributed by atoms with E-state index in [2.05, 4.69) is 6.07 Å². The van der Waals surface area contributed by atoms with Crippen LogP contribution in [-0.2, 0) is 9.59 Å². The Balaban J connectivity index is 1.62. The van der Waals surface area contributed by atoms with Crippen LogP contribution in [0.2, 0.25) is 0 Å². The summed E-state index contributed by atoms with van der Waals surface area (Å²) in [7, 11) is 1.59. The summed E-state index contributed by atoms with van der Waals surface area (Å²) in [6, 6.07) is 15.5. The van der Waals surface area contributed by atoms with E-state index in [1.54, 1.807) is 33.9 Å². The number of thioether (sulfide) groups is 1. The summed E-state index contributed by atoms with van der Waals surface area (Å²) in [5.74, 6) is -0.0244. The quantitative estimate of drug-likeness (QED) is 0.386. The average Bonchev–Trinajstić information content (AvgIpc) is 3.33. The molecule has 1 saturated heterocycles. The van der Waals surface area contributed by atoms with Gasteiger partial charge in [0.25, 0.3) is 5.91 Å². The Morgan fingerprint density at radius 2 is 1.71 bits per heavy atom. The van der Waals surface area contributed by atoms with Crippen molar-refractivity contribution in [1.29, 1.82) is 5.26 Å². The highest BCUT2D eigenvalue weighted by Crippen LogP contribution is 2.45. The summed E-state index contributed by atoms with van der Waals surface area (Å²) < 4.78 is 19.1. The van der Waals surface area contributed by atoms with Crippen LogP contribution in [0, 0.1) is 22.6 Å². The van der Waals surface area contributed by atoms with Gasteiger partial charge in [0.1, 0.15) is 28.2 Å². The highest BCUT2D eigenvalue weighted by atomic mass is 32.2. The molecule has 0 radical (unpaired) electrons. The SMILES string of the molecule is COc1cccc(C2=CS/C(=C(/C#N)C(=O)N3CCN(C(=O)CC(C)(C)C)CC3)N2c2ccc(F)cc2)c1. The van der Waals surface area contributed by atoms with Crippen molar-refractivity contribution in [3.8, 4) is 11.8 Å². The molecule has 198 valence electrons. The van der Waals surface area contributed by atoms with Gasteiger partial charge < -0.3 is 19.4 Å². The molecule has 2 heterocycles. The topological polar surface area (TPSA) is 76.9 Å². The molecule has 1 fully saturated rings. The largest absolute Gasteiger partial charge is 0.497 e. The highest BCUT2D eigenvalue weighted by molar-refractivity contribution is 8.06. The maximum absolute atomic E-state index is 13.8. The number of hydrogen-bond acceptors (Lipinski definition) is 6. The minimum Gasteiger partial charge on any atom is -0.497 e. The molecule has 0 aliphatic carbocycles. The van der Waals surface area contributed by atoms with Crippen molar-refractivity contribution in [2.75, 3.05) is 38.2 Å². The fourth-order valence-corrected chi connectivity index (χ4v) is 5.42. The van der Waals surface area contributed by atoms with Gasteiger partial charge >= 0.3 is 0 Å². The molecule has 0 atom stereocenters. The third kappa shape index (κ3) is 6.03. The molecule has 2 amide bonds. The number of anilines is 1. The van der Waals surface area contributed by atoms with Gasteiger partial charge in [-0.3, -0.25) is 9.59 Å². The summed E-state index contributed by atoms with van der Waals surface area (Å²) in [6.45, 7) is 7.63. The number of ether oxygens (including phenoxy) is 1. The van der Waals surface area contributed by atoms with Crippen LogP contribution < -0.4 is 9.64 Å². The van der Waals surface area contributed by atoms with E-state index in [1.165, 1.54) is 23.9 Å². The maximum atomic E-state index is 13.8. The highest BCUT2D eigenvalue weighted by Gasteiger charge is 2.34. The van der Waals surface area contributed by atoms with Crippen LogP contribution in [0.4, 0.5) is 10.1 Å². The van der Waals surface area contributed by atoms with Crippen LogP contribution in [0.5, 0.6) is 5.75 Å². The van der Waals surface area contributed by atoms with Gasteiger partial charge in [0.05, 0.1) is 12.8 Å². The van der Waals surface area contributed by atoms with E-state index in [1.807, 2.05) is 50.4 Å². The van der Waals surface area contributed by atoms with Crippen molar-refractivity contribution in [2.45, 2.75) is 27.2 Å². The maximum Gasteiger partial charge on any atom is 0.267 e. The Kier molecular flexibility index (Phi) is 8.12. The van der Waals surface area contributed by atoms with Crippen molar-refractivity contribution in [3.63, 3.8) is 0 Å². The predicted octanol–water partition coefficient (Wildman–Crippen LogP) is 5.23. The molecule has 38 heavy (non-hydrogen) atoms. The third-order valence-electron chi connectivity index (χ3n) is 6.32. The first-order valence-corrected chi connectivity index (χ1v) is 13.3. The van der Waals surface area contributed by atoms with Crippen molar-refractivity contribution in [3.05, 3.63) is 75.9 Å². The fourth-order valence-electron chi connectivity index (χ4n) is 4.39. The predicted molar refractivity (Wildman–Crippen MR) is 147 cm³/mol. The molecule has 0 unspecified atom stereocenters. The number of nitriles is 1. The van der Waals surface area contributed by atoms with Gasteiger partial charge in [-0.1, -0.05) is 44.7 Å². The zero-order valence-corrected chi connectivity index (χ0v) is 22.8. The number of piperazine rings is 1. The molecular formula is C29H31FN4O3S. The lowest BCUT2D eigenvalue weighted by Crippen LogP contribution is -2.51. The van der Waals surface area contributed by atoms with Gasteiger partial charge in [-0.15, -0.1) is 0 Å². The Bertz CT molecular complexity index is 1320. The molecule has 2 aromatic rings. The summed E-state index contributed by atoms with van der Waals surface area (Å²) in [5.41, 5.74) is 2.08. The lowest BCUT2D eigenvalue weighted by Gasteiger charge is -2.36. The van der Waals surface area contributed by atoms with Gasteiger partial charge in [0, 0.05) is 49.3 Å². The number of carbonyl (C=O) groups excluding carboxylic acids is 2. The lowest BCUT2D eigenvalue weighted by atomic mass is 9.91. The van der Waals surface area contributed by atoms with Crippen molar-refractivity contribution >= 4 is 35.0 Å². The standard InChI is InChI=1S/C29H31FN4O3S/c1-29(2,3)17-26(35)32-12-14-33(15-13-32)27(36)24(18-31)28-34(22-10-8-21(30)9-11-22)25(19-38-28)20-6-5-7-23(16-20)37-4/h5-11,16,19H,12-15,17H2,1-4H3/b28-24-. The normalized spacial score (nSPS) is 17.2. The van der Waals surface area contributed by atoms with Crippen LogP contribution in [0.25, 0.3) is 5.70 Å². The summed E-state index contributed by atoms with van der Waals surface area (Å²) in [6.07, 6.45) is 0.441. The first-order chi connectivity index (χ1) is 18.1. The van der Waals surface area contributed by atoms with Gasteiger partial charge in [-0.05, 0) is 41.8 Å². The van der Waals surface area contributed by atoms with Gasteiger partial charge in [-0.2, -0.15) is 5.26 Å². The molecule has 0 aromatic heterocycles. The second kappa shape index (κ2) is 11.3. The molecule has 2 aromatic carbocycles. The minimum absolute atomic E-state index is 0.00272. The molecular weight excluding hydrogens is 503 g/mol. The molecule has 0 bridgehead atoms. The number of hydrogen-bond donors (Lipinski definition) is 0. The molecule has 7 nitrogen and oxygen atoms in total. The molecule has 0 spiro atoms. The van der Waals surface area contributed by atoms with Gasteiger partial charge in [0.15, 0.2) is 0 Å². The number of rotatable bonds is 5. The second-order valence-electron chi connectivity index (χ2n) is 10.4. The summed E-state index contributed by atoms with van der Waals surface area (Å²) >= 11 is 1.28. The van der Waals surface area contributed by atoms with Crippen molar-refractivity contribution in [2.24, 2.45) is 5.41 Å². The van der Waals surface area contributed by atoms with E-state index in [-0.39, 0.29) is 28.6 Å². The van der Waals surface area contributed by atoms with E-state index >= 15 is 0 Å². The smallest absolute Gasteiger partial charge is 0.267 e. The number of benzene rings is 2. The first kappa shape index (κ1) is 27.3. The zero-order valence-electron chi connectivity index (χ0n) is 22.0. The Morgan fingerprint density at radius 1 is 1.05 bits per heavy atom. The number of halogens is 1. The molecule has 9 heteroatoms. The van der Waals surface area contributed by atoms with Crippen LogP contribution in [0.3, 0.4) is 0 Å². The van der Waals surface area contributed by atoms with Crippen LogP contribution >= 0.6 is 11.8 Å². The molecule has 2 aliphatic rings. The van der Waals surface area contributed by atoms with E-state index < -0.39 is 0 Å². The van der Waals surface area contributed by atoms with Crippen molar-refractivity contribution in [1.82, 2.24) is 9.80 Å². The van der Waals surface area contributed by atoms with Crippen LogP contribution in [0.15, 0.2) is 64.5 Å². The van der Waals surface area contributed by atoms with E-state index in [9.17, 15) is 19.2 Å². The van der Waals surface area contributed by atoms with E-state index in [0.29, 0.717) is 49.1 Å². The lowest BCUT2D eigenvalue weighted by molar-refractivity contribution is -0.138. The van der Waals surface area contributed by atoms with E-state index in [4.69, 9.17) is 4.74 Å². The number of methoxy groups -OCH3 is 1. The second-order valence-corrected chi connectivity index (χ2v) is 11.2. The van der Waals surface area contributed by atoms with Crippen LogP contribution in [0.1, 0.15) is 32.8 Å². The Hall–Kier alpha value is -3.77. The molecule has 2 aliphatic heterocycles. The average molecular weight is 535 g/mol. The van der Waals surface area contributed by atoms with Crippen LogP contribution in [-0.4, -0.2) is 54.9 Å². The minimum atomic E-state index is -0.384. The van der Waals surface area contributed by atoms with Gasteiger partial charge in [0.2, 0.25) is 5.91 Å². The molecule has 0 saturated carbocycles.